The Labute approximate surface area is 178 Å². The largest absolute Gasteiger partial charge is 0.483 e. The van der Waals surface area contributed by atoms with Gasteiger partial charge in [-0.15, -0.1) is 11.3 Å². The van der Waals surface area contributed by atoms with E-state index in [2.05, 4.69) is 10.3 Å². The number of fused-ring (bicyclic) bond motifs is 1. The molecule has 1 saturated carbocycles. The number of likely N-dealkylation sites (tertiary alicyclic amines) is 1. The van der Waals surface area contributed by atoms with Crippen LogP contribution in [0.4, 0.5) is 0 Å². The van der Waals surface area contributed by atoms with E-state index in [4.69, 9.17) is 15.0 Å². The van der Waals surface area contributed by atoms with Crippen LogP contribution < -0.4 is 5.32 Å². The number of carbonyl (C=O) groups is 3. The second-order valence-electron chi connectivity index (χ2n) is 7.78. The average molecular weight is 434 g/mol. The first-order chi connectivity index (χ1) is 14.5. The molecular weight excluding hydrogens is 406 g/mol. The van der Waals surface area contributed by atoms with Gasteiger partial charge in [-0.3, -0.25) is 14.4 Å². The summed E-state index contributed by atoms with van der Waals surface area (Å²) in [6.07, 6.45) is 5.22. The molecule has 162 valence electrons. The molecule has 1 atom stereocenters. The maximum Gasteiger partial charge on any atom is 0.290 e. The van der Waals surface area contributed by atoms with Crippen LogP contribution in [-0.4, -0.2) is 64.1 Å². The zero-order valence-electron chi connectivity index (χ0n) is 16.7. The molecule has 9 heteroatoms. The number of nitrogens with zero attached hydrogens (tertiary/aromatic N) is 2. The van der Waals surface area contributed by atoms with Crippen molar-refractivity contribution in [3.05, 3.63) is 29.3 Å². The Morgan fingerprint density at radius 1 is 1.30 bits per heavy atom. The summed E-state index contributed by atoms with van der Waals surface area (Å²) < 4.78 is 1.04. The average Bonchev–Trinajstić information content (AvgIpc) is 3.36. The molecular formula is C21H27N3O5S. The van der Waals surface area contributed by atoms with Gasteiger partial charge in [-0.2, -0.15) is 0 Å². The summed E-state index contributed by atoms with van der Waals surface area (Å²) in [7, 11) is 0. The lowest BCUT2D eigenvalue weighted by Crippen LogP contribution is -2.51. The number of aliphatic hydroxyl groups excluding tert-OH is 1. The van der Waals surface area contributed by atoms with Gasteiger partial charge in [-0.1, -0.05) is 6.42 Å². The van der Waals surface area contributed by atoms with Crippen LogP contribution in [-0.2, 0) is 9.59 Å². The minimum atomic E-state index is -0.250. The minimum Gasteiger partial charge on any atom is -0.483 e. The summed E-state index contributed by atoms with van der Waals surface area (Å²) in [5.74, 6) is 0.0131. The number of thiazole rings is 1. The van der Waals surface area contributed by atoms with E-state index in [0.717, 1.165) is 61.0 Å². The SMILES string of the molecule is O=C(CCO)NC1CCCC12CCN(C(=O)c1ccc3ncsc3c1)CC2.O=CO. The zero-order chi connectivity index (χ0) is 21.6. The van der Waals surface area contributed by atoms with E-state index in [1.165, 1.54) is 0 Å². The lowest BCUT2D eigenvalue weighted by Gasteiger charge is -2.43. The Balaban J connectivity index is 0.000000806. The third-order valence-electron chi connectivity index (χ3n) is 6.21. The fourth-order valence-electron chi connectivity index (χ4n) is 4.66. The molecule has 1 aliphatic heterocycles. The molecule has 1 saturated heterocycles. The highest BCUT2D eigenvalue weighted by atomic mass is 32.1. The summed E-state index contributed by atoms with van der Waals surface area (Å²) in [6.45, 7) is 1.09. The number of nitrogens with one attached hydrogen (secondary N) is 1. The number of aliphatic hydroxyl groups is 1. The van der Waals surface area contributed by atoms with Crippen LogP contribution in [0, 0.1) is 5.41 Å². The minimum absolute atomic E-state index is 0.0693. The molecule has 3 N–H and O–H groups in total. The van der Waals surface area contributed by atoms with Gasteiger partial charge in [-0.05, 0) is 49.3 Å². The van der Waals surface area contributed by atoms with E-state index in [1.54, 1.807) is 16.8 Å². The molecule has 2 aliphatic rings. The predicted octanol–water partition coefficient (Wildman–Crippen LogP) is 2.27. The molecule has 1 unspecified atom stereocenters. The van der Waals surface area contributed by atoms with Gasteiger partial charge in [-0.25, -0.2) is 4.98 Å². The van der Waals surface area contributed by atoms with Crippen molar-refractivity contribution < 1.29 is 24.6 Å². The maximum atomic E-state index is 12.9. The van der Waals surface area contributed by atoms with Gasteiger partial charge in [0.1, 0.15) is 0 Å². The summed E-state index contributed by atoms with van der Waals surface area (Å²) in [6, 6.07) is 5.88. The second-order valence-corrected chi connectivity index (χ2v) is 8.67. The van der Waals surface area contributed by atoms with Gasteiger partial charge in [0.2, 0.25) is 5.91 Å². The third kappa shape index (κ3) is 4.79. The van der Waals surface area contributed by atoms with Crippen molar-refractivity contribution in [1.82, 2.24) is 15.2 Å². The molecule has 1 aromatic carbocycles. The van der Waals surface area contributed by atoms with Gasteiger partial charge in [0, 0.05) is 31.1 Å². The van der Waals surface area contributed by atoms with Crippen LogP contribution in [0.15, 0.2) is 23.7 Å². The van der Waals surface area contributed by atoms with Gasteiger partial charge < -0.3 is 20.4 Å². The van der Waals surface area contributed by atoms with Crippen LogP contribution in [0.5, 0.6) is 0 Å². The van der Waals surface area contributed by atoms with E-state index in [0.29, 0.717) is 0 Å². The van der Waals surface area contributed by atoms with Crippen molar-refractivity contribution in [2.45, 2.75) is 44.6 Å². The van der Waals surface area contributed by atoms with Crippen molar-refractivity contribution in [3.8, 4) is 0 Å². The van der Waals surface area contributed by atoms with Crippen LogP contribution in [0.2, 0.25) is 0 Å². The van der Waals surface area contributed by atoms with Crippen LogP contribution in [0.1, 0.15) is 48.9 Å². The summed E-state index contributed by atoms with van der Waals surface area (Å²) in [5, 5.41) is 19.0. The summed E-state index contributed by atoms with van der Waals surface area (Å²) >= 11 is 1.55. The smallest absolute Gasteiger partial charge is 0.290 e. The van der Waals surface area contributed by atoms with E-state index in [-0.39, 0.29) is 42.8 Å². The number of hydrogen-bond donors (Lipinski definition) is 3. The van der Waals surface area contributed by atoms with Gasteiger partial charge in [0.25, 0.3) is 12.4 Å². The van der Waals surface area contributed by atoms with Crippen molar-refractivity contribution in [2.75, 3.05) is 19.7 Å². The Kier molecular flexibility index (Phi) is 7.38. The zero-order valence-corrected chi connectivity index (χ0v) is 17.6. The fraction of sp³-hybridized carbons (Fsp3) is 0.524. The molecule has 30 heavy (non-hydrogen) atoms. The third-order valence-corrected chi connectivity index (χ3v) is 7.00. The standard InChI is InChI=1S/C20H25N3O3S.CH2O2/c24-11-5-18(25)22-17-2-1-6-20(17)7-9-23(10-8-20)19(26)14-3-4-15-16(12-14)27-13-21-15;2-1-3/h3-4,12-13,17,24H,1-2,5-11H2,(H,22,25);1H,(H,2,3). The molecule has 1 spiro atoms. The number of carbonyl (C=O) groups excluding carboxylic acids is 2. The number of aromatic nitrogens is 1. The van der Waals surface area contributed by atoms with Crippen molar-refractivity contribution in [3.63, 3.8) is 0 Å². The number of hydrogen-bond acceptors (Lipinski definition) is 6. The number of benzene rings is 1. The highest BCUT2D eigenvalue weighted by Crippen LogP contribution is 2.46. The number of rotatable bonds is 4. The highest BCUT2D eigenvalue weighted by molar-refractivity contribution is 7.16. The number of carboxylic acid groups (broad SMARTS) is 1. The predicted molar refractivity (Wildman–Crippen MR) is 113 cm³/mol. The summed E-state index contributed by atoms with van der Waals surface area (Å²) in [5.41, 5.74) is 3.56. The van der Waals surface area contributed by atoms with E-state index >= 15 is 0 Å². The molecule has 1 aromatic heterocycles. The van der Waals surface area contributed by atoms with Crippen LogP contribution >= 0.6 is 11.3 Å². The van der Waals surface area contributed by atoms with Crippen molar-refractivity contribution in [2.24, 2.45) is 5.41 Å². The molecule has 2 aromatic rings. The molecule has 2 heterocycles. The molecule has 2 amide bonds. The Hall–Kier alpha value is -2.52. The quantitative estimate of drug-likeness (QED) is 0.636. The van der Waals surface area contributed by atoms with Crippen LogP contribution in [0.3, 0.4) is 0 Å². The first kappa shape index (κ1) is 22.2. The lowest BCUT2D eigenvalue weighted by molar-refractivity contribution is -0.124. The first-order valence-corrected chi connectivity index (χ1v) is 11.0. The number of amides is 2. The van der Waals surface area contributed by atoms with E-state index in [9.17, 15) is 9.59 Å². The Morgan fingerprint density at radius 2 is 2.03 bits per heavy atom. The molecule has 1 aliphatic carbocycles. The van der Waals surface area contributed by atoms with Gasteiger partial charge in [0.15, 0.2) is 0 Å². The molecule has 0 radical (unpaired) electrons. The van der Waals surface area contributed by atoms with E-state index in [1.807, 2.05) is 23.1 Å². The van der Waals surface area contributed by atoms with Gasteiger partial charge >= 0.3 is 0 Å². The summed E-state index contributed by atoms with van der Waals surface area (Å²) in [4.78, 5) is 39.4. The van der Waals surface area contributed by atoms with Crippen LogP contribution in [0.25, 0.3) is 10.2 Å². The highest BCUT2D eigenvalue weighted by Gasteiger charge is 2.45. The molecule has 4 rings (SSSR count). The second kappa shape index (κ2) is 9.99. The Morgan fingerprint density at radius 3 is 2.73 bits per heavy atom. The van der Waals surface area contributed by atoms with Gasteiger partial charge in [0.05, 0.1) is 22.3 Å². The topological polar surface area (TPSA) is 120 Å². The Bertz CT molecular complexity index is 892. The molecule has 8 nitrogen and oxygen atoms in total. The molecule has 2 fully saturated rings. The monoisotopic (exact) mass is 433 g/mol. The fourth-order valence-corrected chi connectivity index (χ4v) is 5.37. The first-order valence-electron chi connectivity index (χ1n) is 10.1. The maximum absolute atomic E-state index is 12.9. The molecule has 0 bridgehead atoms. The van der Waals surface area contributed by atoms with Crippen molar-refractivity contribution in [1.29, 1.82) is 0 Å². The van der Waals surface area contributed by atoms with E-state index < -0.39 is 0 Å². The number of piperidine rings is 1. The van der Waals surface area contributed by atoms with Crippen molar-refractivity contribution >= 4 is 39.8 Å². The lowest BCUT2D eigenvalue weighted by atomic mass is 9.74. The normalized spacial score (nSPS) is 19.9.